The molecule has 2 aromatic carbocycles. The van der Waals surface area contributed by atoms with E-state index in [-0.39, 0.29) is 17.9 Å². The highest BCUT2D eigenvalue weighted by molar-refractivity contribution is 6.42. The van der Waals surface area contributed by atoms with Crippen molar-refractivity contribution in [1.29, 1.82) is 0 Å². The lowest BCUT2D eigenvalue weighted by molar-refractivity contribution is -0.139. The number of carbonyl (C=O) groups excluding carboxylic acids is 2. The second-order valence-corrected chi connectivity index (χ2v) is 9.35. The van der Waals surface area contributed by atoms with Gasteiger partial charge < -0.3 is 4.90 Å². The molecule has 0 atom stereocenters. The van der Waals surface area contributed by atoms with E-state index >= 15 is 0 Å². The maximum absolute atomic E-state index is 13.8. The van der Waals surface area contributed by atoms with Crippen molar-refractivity contribution in [3.63, 3.8) is 0 Å². The highest BCUT2D eigenvalue weighted by Crippen LogP contribution is 2.42. The lowest BCUT2D eigenvalue weighted by Gasteiger charge is -2.27. The van der Waals surface area contributed by atoms with Gasteiger partial charge in [0, 0.05) is 28.9 Å². The molecule has 1 saturated carbocycles. The van der Waals surface area contributed by atoms with Crippen LogP contribution in [-0.2, 0) is 16.0 Å². The van der Waals surface area contributed by atoms with E-state index in [2.05, 4.69) is 6.07 Å². The average Bonchev–Trinajstić information content (AvgIpc) is 3.14. The number of rotatable bonds is 3. The van der Waals surface area contributed by atoms with Gasteiger partial charge in [-0.2, -0.15) is 0 Å². The molecule has 2 aromatic rings. The molecule has 0 bridgehead atoms. The van der Waals surface area contributed by atoms with Crippen LogP contribution in [0.5, 0.6) is 0 Å². The molecule has 2 aliphatic heterocycles. The quantitative estimate of drug-likeness (QED) is 0.430. The van der Waals surface area contributed by atoms with Gasteiger partial charge in [-0.15, -0.1) is 0 Å². The van der Waals surface area contributed by atoms with Gasteiger partial charge in [-0.1, -0.05) is 73.2 Å². The van der Waals surface area contributed by atoms with Crippen molar-refractivity contribution in [2.24, 2.45) is 0 Å². The summed E-state index contributed by atoms with van der Waals surface area (Å²) in [5.41, 5.74) is 3.59. The monoisotopic (exact) mass is 454 g/mol. The number of benzene rings is 2. The first-order chi connectivity index (χ1) is 15.1. The molecule has 0 spiro atoms. The van der Waals surface area contributed by atoms with E-state index in [1.54, 1.807) is 18.2 Å². The third kappa shape index (κ3) is 3.56. The van der Waals surface area contributed by atoms with Crippen molar-refractivity contribution < 1.29 is 9.59 Å². The van der Waals surface area contributed by atoms with Gasteiger partial charge in [0.1, 0.15) is 5.70 Å². The van der Waals surface area contributed by atoms with Gasteiger partial charge in [0.15, 0.2) is 0 Å². The van der Waals surface area contributed by atoms with Crippen LogP contribution in [-0.4, -0.2) is 29.3 Å². The average molecular weight is 455 g/mol. The predicted molar refractivity (Wildman–Crippen MR) is 124 cm³/mol. The zero-order chi connectivity index (χ0) is 21.5. The topological polar surface area (TPSA) is 40.6 Å². The van der Waals surface area contributed by atoms with Crippen molar-refractivity contribution in [2.75, 3.05) is 11.4 Å². The van der Waals surface area contributed by atoms with Crippen LogP contribution in [0.15, 0.2) is 48.2 Å². The Morgan fingerprint density at radius 2 is 1.61 bits per heavy atom. The van der Waals surface area contributed by atoms with E-state index in [9.17, 15) is 9.59 Å². The van der Waals surface area contributed by atoms with E-state index in [4.69, 9.17) is 23.2 Å². The Labute approximate surface area is 192 Å². The standard InChI is InChI=1S/C25H24Cl2N2O2/c26-17-11-12-19(20(27)15-17)22-23(28-14-13-16-7-5-6-10-21(16)28)25(31)29(24(22)30)18-8-3-1-2-4-9-18/h5-7,10-12,15,18H,1-4,8-9,13-14H2. The Morgan fingerprint density at radius 3 is 2.35 bits per heavy atom. The Balaban J connectivity index is 1.65. The number of anilines is 1. The predicted octanol–water partition coefficient (Wildman–Crippen LogP) is 5.86. The summed E-state index contributed by atoms with van der Waals surface area (Å²) >= 11 is 12.6. The van der Waals surface area contributed by atoms with Crippen LogP contribution < -0.4 is 4.90 Å². The third-order valence-corrected chi connectivity index (χ3v) is 7.19. The summed E-state index contributed by atoms with van der Waals surface area (Å²) in [6.45, 7) is 0.668. The minimum atomic E-state index is -0.236. The largest absolute Gasteiger partial charge is 0.336 e. The van der Waals surface area contributed by atoms with Crippen LogP contribution >= 0.6 is 23.2 Å². The molecule has 5 rings (SSSR count). The van der Waals surface area contributed by atoms with Gasteiger partial charge >= 0.3 is 0 Å². The number of hydrogen-bond donors (Lipinski definition) is 0. The van der Waals surface area contributed by atoms with Gasteiger partial charge in [0.2, 0.25) is 0 Å². The fourth-order valence-electron chi connectivity index (χ4n) is 5.14. The Bertz CT molecular complexity index is 1090. The maximum Gasteiger partial charge on any atom is 0.278 e. The third-order valence-electron chi connectivity index (χ3n) is 6.64. The molecular weight excluding hydrogens is 431 g/mol. The second-order valence-electron chi connectivity index (χ2n) is 8.50. The molecular formula is C25H24Cl2N2O2. The molecule has 160 valence electrons. The normalized spacial score (nSPS) is 19.9. The lowest BCUT2D eigenvalue weighted by Crippen LogP contribution is -2.42. The van der Waals surface area contributed by atoms with Crippen molar-refractivity contribution in [3.8, 4) is 0 Å². The summed E-state index contributed by atoms with van der Waals surface area (Å²) < 4.78 is 0. The van der Waals surface area contributed by atoms with E-state index < -0.39 is 0 Å². The molecule has 0 radical (unpaired) electrons. The number of hydrogen-bond acceptors (Lipinski definition) is 3. The summed E-state index contributed by atoms with van der Waals surface area (Å²) in [5, 5.41) is 0.885. The number of amides is 2. The number of nitrogens with zero attached hydrogens (tertiary/aromatic N) is 2. The minimum absolute atomic E-state index is 0.0566. The highest BCUT2D eigenvalue weighted by Gasteiger charge is 2.46. The summed E-state index contributed by atoms with van der Waals surface area (Å²) in [6, 6.07) is 13.1. The van der Waals surface area contributed by atoms with Crippen LogP contribution in [0.1, 0.15) is 49.7 Å². The van der Waals surface area contributed by atoms with E-state index in [0.29, 0.717) is 33.4 Å². The zero-order valence-corrected chi connectivity index (χ0v) is 18.8. The van der Waals surface area contributed by atoms with Crippen LogP contribution in [0.2, 0.25) is 10.0 Å². The van der Waals surface area contributed by atoms with Gasteiger partial charge in [-0.25, -0.2) is 0 Å². The molecule has 6 heteroatoms. The van der Waals surface area contributed by atoms with Crippen LogP contribution in [0.25, 0.3) is 5.57 Å². The first kappa shape index (κ1) is 20.6. The van der Waals surface area contributed by atoms with Gasteiger partial charge in [-0.05, 0) is 43.0 Å². The van der Waals surface area contributed by atoms with Crippen molar-refractivity contribution >= 4 is 46.3 Å². The molecule has 2 amide bonds. The smallest absolute Gasteiger partial charge is 0.278 e. The zero-order valence-electron chi connectivity index (χ0n) is 17.2. The van der Waals surface area contributed by atoms with Crippen LogP contribution in [0.4, 0.5) is 5.69 Å². The number of imide groups is 1. The van der Waals surface area contributed by atoms with Gasteiger partial charge in [0.25, 0.3) is 11.8 Å². The van der Waals surface area contributed by atoms with E-state index in [1.165, 1.54) is 10.5 Å². The maximum atomic E-state index is 13.8. The molecule has 3 aliphatic rings. The first-order valence-electron chi connectivity index (χ1n) is 11.0. The first-order valence-corrected chi connectivity index (χ1v) is 11.7. The SMILES string of the molecule is O=C1C(c2ccc(Cl)cc2Cl)=C(N2CCc3ccccc32)C(=O)N1C1CCCCCC1. The van der Waals surface area contributed by atoms with E-state index in [0.717, 1.165) is 50.6 Å². The van der Waals surface area contributed by atoms with E-state index in [1.807, 2.05) is 23.1 Å². The molecule has 0 aromatic heterocycles. The summed E-state index contributed by atoms with van der Waals surface area (Å²) in [6.07, 6.45) is 6.96. The van der Waals surface area contributed by atoms with Gasteiger partial charge in [0.05, 0.1) is 10.6 Å². The lowest BCUT2D eigenvalue weighted by atomic mass is 10.0. The van der Waals surface area contributed by atoms with Crippen molar-refractivity contribution in [2.45, 2.75) is 51.0 Å². The van der Waals surface area contributed by atoms with Crippen LogP contribution in [0, 0.1) is 0 Å². The van der Waals surface area contributed by atoms with Gasteiger partial charge in [-0.3, -0.25) is 14.5 Å². The summed E-state index contributed by atoms with van der Waals surface area (Å²) in [4.78, 5) is 31.1. The molecule has 1 fully saturated rings. The highest BCUT2D eigenvalue weighted by atomic mass is 35.5. The fraction of sp³-hybridized carbons (Fsp3) is 0.360. The molecule has 2 heterocycles. The summed E-state index contributed by atoms with van der Waals surface area (Å²) in [5.74, 6) is -0.435. The molecule has 0 saturated heterocycles. The Morgan fingerprint density at radius 1 is 0.871 bits per heavy atom. The second kappa shape index (κ2) is 8.33. The molecule has 4 nitrogen and oxygen atoms in total. The Hall–Kier alpha value is -2.30. The number of fused-ring (bicyclic) bond motifs is 1. The molecule has 31 heavy (non-hydrogen) atoms. The van der Waals surface area contributed by atoms with Crippen LogP contribution in [0.3, 0.4) is 0 Å². The molecule has 0 unspecified atom stereocenters. The minimum Gasteiger partial charge on any atom is -0.336 e. The number of halogens is 2. The molecule has 0 N–H and O–H groups in total. The summed E-state index contributed by atoms with van der Waals surface area (Å²) in [7, 11) is 0. The fourth-order valence-corrected chi connectivity index (χ4v) is 5.64. The van der Waals surface area contributed by atoms with Crippen molar-refractivity contribution in [3.05, 3.63) is 69.3 Å². The molecule has 1 aliphatic carbocycles. The number of para-hydroxylation sites is 1. The Kier molecular flexibility index (Phi) is 5.53. The number of carbonyl (C=O) groups is 2. The van der Waals surface area contributed by atoms with Crippen molar-refractivity contribution in [1.82, 2.24) is 4.90 Å².